The third-order valence-corrected chi connectivity index (χ3v) is 2.29. The number of aliphatic hydroxyl groups excluding tert-OH is 2. The molecule has 8 heteroatoms. The van der Waals surface area contributed by atoms with Crippen molar-refractivity contribution >= 4 is 11.6 Å². The Morgan fingerprint density at radius 1 is 1.47 bits per heavy atom. The molecule has 1 rings (SSSR count). The van der Waals surface area contributed by atoms with E-state index in [1.165, 1.54) is 0 Å². The van der Waals surface area contributed by atoms with Crippen molar-refractivity contribution in [1.29, 1.82) is 0 Å². The molecular formula is C9H9ClFN3O3. The number of nitrogens with zero attached hydrogens (tertiary/aromatic N) is 3. The van der Waals surface area contributed by atoms with Gasteiger partial charge in [0.2, 0.25) is 0 Å². The first kappa shape index (κ1) is 13.5. The van der Waals surface area contributed by atoms with E-state index in [-0.39, 0.29) is 10.6 Å². The lowest BCUT2D eigenvalue weighted by atomic mass is 10.0. The monoisotopic (exact) mass is 261 g/mol. The fourth-order valence-corrected chi connectivity index (χ4v) is 1.45. The summed E-state index contributed by atoms with van der Waals surface area (Å²) in [5.41, 5.74) is 7.78. The van der Waals surface area contributed by atoms with Crippen molar-refractivity contribution in [2.24, 2.45) is 5.11 Å². The van der Waals surface area contributed by atoms with Crippen molar-refractivity contribution in [2.45, 2.75) is 12.2 Å². The lowest BCUT2D eigenvalue weighted by Gasteiger charge is -2.17. The molecule has 0 saturated heterocycles. The Hall–Kier alpha value is -1.53. The van der Waals surface area contributed by atoms with Gasteiger partial charge in [0.25, 0.3) is 0 Å². The van der Waals surface area contributed by atoms with Crippen LogP contribution in [0.25, 0.3) is 10.4 Å². The van der Waals surface area contributed by atoms with Crippen LogP contribution < -0.4 is 0 Å². The molecule has 92 valence electrons. The maximum atomic E-state index is 13.1. The molecule has 17 heavy (non-hydrogen) atoms. The van der Waals surface area contributed by atoms with Gasteiger partial charge in [-0.3, -0.25) is 0 Å². The van der Waals surface area contributed by atoms with Gasteiger partial charge in [0.15, 0.2) is 11.6 Å². The average Bonchev–Trinajstić information content (AvgIpc) is 2.29. The smallest absolute Gasteiger partial charge is 0.166 e. The average molecular weight is 262 g/mol. The number of halogens is 2. The standard InChI is InChI=1S/C9H9ClFN3O3/c10-4-1-5(8(16)6(11)2-4)9(17)7(15)3-13-14-12/h1-2,7,9,15-17H,3H2. The molecule has 2 unspecified atom stereocenters. The quantitative estimate of drug-likeness (QED) is 0.437. The summed E-state index contributed by atoms with van der Waals surface area (Å²) in [7, 11) is 0. The first-order chi connectivity index (χ1) is 7.97. The molecular weight excluding hydrogens is 253 g/mol. The molecule has 1 aromatic rings. The molecule has 0 aliphatic heterocycles. The molecule has 2 atom stereocenters. The lowest BCUT2D eigenvalue weighted by Crippen LogP contribution is -2.21. The Kier molecular flexibility index (Phi) is 4.53. The number of benzene rings is 1. The van der Waals surface area contributed by atoms with E-state index >= 15 is 0 Å². The summed E-state index contributed by atoms with van der Waals surface area (Å²) in [5.74, 6) is -1.82. The summed E-state index contributed by atoms with van der Waals surface area (Å²) < 4.78 is 13.1. The molecule has 0 bridgehead atoms. The van der Waals surface area contributed by atoms with Crippen LogP contribution in [0.4, 0.5) is 4.39 Å². The largest absolute Gasteiger partial charge is 0.505 e. The molecule has 3 N–H and O–H groups in total. The van der Waals surface area contributed by atoms with Crippen LogP contribution in [0, 0.1) is 5.82 Å². The summed E-state index contributed by atoms with van der Waals surface area (Å²) in [6.07, 6.45) is -3.07. The minimum atomic E-state index is -1.60. The van der Waals surface area contributed by atoms with Gasteiger partial charge in [-0.05, 0) is 17.7 Å². The molecule has 0 aromatic heterocycles. The SMILES string of the molecule is [N-]=[N+]=NCC(O)C(O)c1cc(Cl)cc(F)c1O. The van der Waals surface area contributed by atoms with Crippen molar-refractivity contribution in [1.82, 2.24) is 0 Å². The number of rotatable bonds is 4. The number of aromatic hydroxyl groups is 1. The highest BCUT2D eigenvalue weighted by molar-refractivity contribution is 6.30. The zero-order valence-corrected chi connectivity index (χ0v) is 9.21. The molecule has 6 nitrogen and oxygen atoms in total. The van der Waals surface area contributed by atoms with Gasteiger partial charge in [-0.25, -0.2) is 4.39 Å². The number of phenolic OH excluding ortho intramolecular Hbond substituents is 1. The zero-order valence-electron chi connectivity index (χ0n) is 8.46. The number of hydrogen-bond acceptors (Lipinski definition) is 4. The second-order valence-corrected chi connectivity index (χ2v) is 3.69. The van der Waals surface area contributed by atoms with E-state index in [9.17, 15) is 19.7 Å². The topological polar surface area (TPSA) is 109 Å². The highest BCUT2D eigenvalue weighted by atomic mass is 35.5. The Bertz CT molecular complexity index is 465. The number of phenols is 1. The summed E-state index contributed by atoms with van der Waals surface area (Å²) >= 11 is 5.55. The number of aliphatic hydroxyl groups is 2. The summed E-state index contributed by atoms with van der Waals surface area (Å²) in [4.78, 5) is 2.40. The van der Waals surface area contributed by atoms with Gasteiger partial charge in [0.1, 0.15) is 6.10 Å². The Labute approximate surface area is 101 Å². The maximum absolute atomic E-state index is 13.1. The minimum Gasteiger partial charge on any atom is -0.505 e. The summed E-state index contributed by atoms with van der Waals surface area (Å²) in [6, 6.07) is 1.98. The molecule has 0 fully saturated rings. The highest BCUT2D eigenvalue weighted by Gasteiger charge is 2.23. The molecule has 0 radical (unpaired) electrons. The van der Waals surface area contributed by atoms with E-state index in [2.05, 4.69) is 10.0 Å². The second kappa shape index (κ2) is 5.70. The highest BCUT2D eigenvalue weighted by Crippen LogP contribution is 2.32. The van der Waals surface area contributed by atoms with E-state index in [4.69, 9.17) is 17.1 Å². The van der Waals surface area contributed by atoms with Crippen molar-refractivity contribution in [3.05, 3.63) is 39.0 Å². The van der Waals surface area contributed by atoms with Gasteiger partial charge in [-0.1, -0.05) is 16.7 Å². The van der Waals surface area contributed by atoms with Crippen LogP contribution >= 0.6 is 11.6 Å². The van der Waals surface area contributed by atoms with E-state index in [1.807, 2.05) is 0 Å². The summed E-state index contributed by atoms with van der Waals surface area (Å²) in [5, 5.41) is 31.4. The Morgan fingerprint density at radius 3 is 2.71 bits per heavy atom. The minimum absolute atomic E-state index is 0.0367. The number of azide groups is 1. The van der Waals surface area contributed by atoms with Crippen LogP contribution in [0.5, 0.6) is 5.75 Å². The second-order valence-electron chi connectivity index (χ2n) is 3.25. The third-order valence-electron chi connectivity index (χ3n) is 2.07. The van der Waals surface area contributed by atoms with Gasteiger partial charge in [-0.2, -0.15) is 0 Å². The van der Waals surface area contributed by atoms with E-state index in [0.29, 0.717) is 0 Å². The van der Waals surface area contributed by atoms with E-state index in [0.717, 1.165) is 12.1 Å². The van der Waals surface area contributed by atoms with Gasteiger partial charge >= 0.3 is 0 Å². The van der Waals surface area contributed by atoms with Crippen molar-refractivity contribution in [3.8, 4) is 5.75 Å². The van der Waals surface area contributed by atoms with E-state index < -0.39 is 30.3 Å². The Morgan fingerprint density at radius 2 is 2.12 bits per heavy atom. The van der Waals surface area contributed by atoms with Crippen LogP contribution in [0.2, 0.25) is 5.02 Å². The first-order valence-corrected chi connectivity index (χ1v) is 4.90. The van der Waals surface area contributed by atoms with Crippen LogP contribution in [-0.2, 0) is 0 Å². The lowest BCUT2D eigenvalue weighted by molar-refractivity contribution is 0.0227. The van der Waals surface area contributed by atoms with Crippen LogP contribution in [0.15, 0.2) is 17.2 Å². The number of hydrogen-bond donors (Lipinski definition) is 3. The van der Waals surface area contributed by atoms with E-state index in [1.54, 1.807) is 0 Å². The predicted molar refractivity (Wildman–Crippen MR) is 58.1 cm³/mol. The Balaban J connectivity index is 3.02. The normalized spacial score (nSPS) is 13.9. The molecule has 0 heterocycles. The fraction of sp³-hybridized carbons (Fsp3) is 0.333. The van der Waals surface area contributed by atoms with Crippen molar-refractivity contribution in [2.75, 3.05) is 6.54 Å². The van der Waals surface area contributed by atoms with Gasteiger partial charge in [-0.15, -0.1) is 0 Å². The molecule has 1 aromatic carbocycles. The van der Waals surface area contributed by atoms with Crippen LogP contribution in [0.3, 0.4) is 0 Å². The van der Waals surface area contributed by atoms with Crippen LogP contribution in [-0.4, -0.2) is 28.0 Å². The molecule has 0 spiro atoms. The van der Waals surface area contributed by atoms with Gasteiger partial charge < -0.3 is 15.3 Å². The molecule has 0 saturated carbocycles. The van der Waals surface area contributed by atoms with Gasteiger partial charge in [0, 0.05) is 15.5 Å². The molecule has 0 aliphatic carbocycles. The molecule has 0 aliphatic rings. The molecule has 0 amide bonds. The zero-order chi connectivity index (χ0) is 13.0. The van der Waals surface area contributed by atoms with Crippen LogP contribution in [0.1, 0.15) is 11.7 Å². The maximum Gasteiger partial charge on any atom is 0.166 e. The third kappa shape index (κ3) is 3.21. The summed E-state index contributed by atoms with van der Waals surface area (Å²) in [6.45, 7) is -0.411. The van der Waals surface area contributed by atoms with Gasteiger partial charge in [0.05, 0.1) is 12.6 Å². The first-order valence-electron chi connectivity index (χ1n) is 4.52. The van der Waals surface area contributed by atoms with Crippen molar-refractivity contribution in [3.63, 3.8) is 0 Å². The predicted octanol–water partition coefficient (Wildman–Crippen LogP) is 1.89. The fourth-order valence-electron chi connectivity index (χ4n) is 1.24. The van der Waals surface area contributed by atoms with Crippen molar-refractivity contribution < 1.29 is 19.7 Å².